The molecule has 1 amide bonds. The van der Waals surface area contributed by atoms with Crippen LogP contribution >= 0.6 is 0 Å². The first-order valence-electron chi connectivity index (χ1n) is 12.8. The number of hydrogen-bond acceptors (Lipinski definition) is 6. The van der Waals surface area contributed by atoms with E-state index in [9.17, 15) is 24.9 Å². The van der Waals surface area contributed by atoms with Gasteiger partial charge in [0.05, 0.1) is 24.3 Å². The second-order valence-electron chi connectivity index (χ2n) is 12.1. The Bertz CT molecular complexity index is 1080. The quantitative estimate of drug-likeness (QED) is 0.514. The van der Waals surface area contributed by atoms with Crippen LogP contribution in [0.5, 0.6) is 11.5 Å². The third kappa shape index (κ3) is 3.25. The van der Waals surface area contributed by atoms with Crippen molar-refractivity contribution in [3.8, 4) is 11.5 Å². The first kappa shape index (κ1) is 24.4. The van der Waals surface area contributed by atoms with Crippen LogP contribution < -0.4 is 4.74 Å². The van der Waals surface area contributed by atoms with Gasteiger partial charge in [-0.15, -0.1) is 0 Å². The molecule has 0 bridgehead atoms. The van der Waals surface area contributed by atoms with Gasteiger partial charge in [0.1, 0.15) is 17.1 Å². The lowest BCUT2D eigenvalue weighted by molar-refractivity contribution is -0.240. The first-order valence-corrected chi connectivity index (χ1v) is 12.8. The van der Waals surface area contributed by atoms with E-state index in [1.165, 1.54) is 6.07 Å². The number of amides is 1. The molecule has 0 aromatic heterocycles. The fourth-order valence-electron chi connectivity index (χ4n) is 8.06. The van der Waals surface area contributed by atoms with E-state index in [1.54, 1.807) is 4.90 Å². The number of carboxylic acid groups (broad SMARTS) is 1. The van der Waals surface area contributed by atoms with Crippen molar-refractivity contribution in [2.75, 3.05) is 6.54 Å². The molecule has 0 radical (unpaired) electrons. The highest BCUT2D eigenvalue weighted by atomic mass is 16.5. The van der Waals surface area contributed by atoms with Crippen molar-refractivity contribution in [1.82, 2.24) is 4.90 Å². The number of ether oxygens (including phenoxy) is 1. The Hall–Kier alpha value is -2.32. The molecule has 0 saturated heterocycles. The molecule has 2 heterocycles. The molecule has 35 heavy (non-hydrogen) atoms. The molecule has 1 aromatic rings. The summed E-state index contributed by atoms with van der Waals surface area (Å²) in [6, 6.07) is 1.53. The summed E-state index contributed by atoms with van der Waals surface area (Å²) in [5.41, 5.74) is 0.245. The van der Waals surface area contributed by atoms with Crippen molar-refractivity contribution >= 4 is 11.9 Å². The molecule has 1 unspecified atom stereocenters. The zero-order valence-corrected chi connectivity index (χ0v) is 21.0. The van der Waals surface area contributed by atoms with E-state index in [4.69, 9.17) is 9.84 Å². The Morgan fingerprint density at radius 2 is 1.91 bits per heavy atom. The van der Waals surface area contributed by atoms with Gasteiger partial charge < -0.3 is 30.1 Å². The summed E-state index contributed by atoms with van der Waals surface area (Å²) in [5.74, 6) is -0.233. The number of carbonyl (C=O) groups is 2. The number of rotatable bonds is 4. The standard InChI is InChI=1S/C27H37NO7/c1-14-7-8-20-25(2,3)23(33)19(30)12-26(20,4)27(14)11-16-18(29)10-15-17(22(16)35-27)13-28(24(15)34)9-5-6-21(31)32/h10,14,19-20,23,29-30,33H,5-9,11-13H2,1-4H3,(H,31,32)/t14-,19-,20?,23-,26+,27-/m0/s1. The fraction of sp³-hybridized carbons (Fsp3) is 0.704. The van der Waals surface area contributed by atoms with E-state index in [2.05, 4.69) is 13.8 Å². The molecule has 2 aliphatic heterocycles. The van der Waals surface area contributed by atoms with Crippen LogP contribution in [0.1, 0.15) is 81.3 Å². The third-order valence-corrected chi connectivity index (χ3v) is 9.95. The highest BCUT2D eigenvalue weighted by Crippen LogP contribution is 2.67. The van der Waals surface area contributed by atoms with E-state index in [1.807, 2.05) is 13.8 Å². The normalized spacial score (nSPS) is 37.1. The number of aliphatic hydroxyl groups excluding tert-OH is 2. The maximum absolute atomic E-state index is 13.1. The summed E-state index contributed by atoms with van der Waals surface area (Å²) < 4.78 is 6.93. The lowest BCUT2D eigenvalue weighted by atomic mass is 9.43. The van der Waals surface area contributed by atoms with E-state index >= 15 is 0 Å². The van der Waals surface area contributed by atoms with E-state index in [0.717, 1.165) is 18.4 Å². The van der Waals surface area contributed by atoms with Crippen LogP contribution in [0.2, 0.25) is 0 Å². The Kier molecular flexibility index (Phi) is 5.46. The van der Waals surface area contributed by atoms with Gasteiger partial charge in [-0.05, 0) is 49.0 Å². The van der Waals surface area contributed by atoms with Gasteiger partial charge in [-0.2, -0.15) is 0 Å². The summed E-state index contributed by atoms with van der Waals surface area (Å²) >= 11 is 0. The monoisotopic (exact) mass is 487 g/mol. The lowest BCUT2D eigenvalue weighted by Crippen LogP contribution is -2.69. The molecule has 6 atom stereocenters. The summed E-state index contributed by atoms with van der Waals surface area (Å²) in [4.78, 5) is 25.6. The Labute approximate surface area is 205 Å². The van der Waals surface area contributed by atoms with Crippen LogP contribution in [0.4, 0.5) is 0 Å². The summed E-state index contributed by atoms with van der Waals surface area (Å²) in [6.07, 6.45) is 1.39. The molecule has 4 N–H and O–H groups in total. The zero-order chi connectivity index (χ0) is 25.5. The SMILES string of the molecule is C[C@H]1CCC2C(C)(C)[C@@H](O)[C@@H](O)C[C@@]2(C)[C@]12Cc1c(O)cc3c(c1O2)CN(CCCC(=O)O)C3=O. The van der Waals surface area contributed by atoms with Crippen LogP contribution in [-0.2, 0) is 17.8 Å². The Balaban J connectivity index is 1.53. The lowest BCUT2D eigenvalue weighted by Gasteiger charge is -2.64. The van der Waals surface area contributed by atoms with Crippen LogP contribution in [0.3, 0.4) is 0 Å². The molecular formula is C27H37NO7. The molecule has 1 spiro atoms. The number of aliphatic carboxylic acids is 1. The fourth-order valence-corrected chi connectivity index (χ4v) is 8.06. The van der Waals surface area contributed by atoms with Gasteiger partial charge in [0, 0.05) is 35.9 Å². The maximum Gasteiger partial charge on any atom is 0.303 e. The topological polar surface area (TPSA) is 128 Å². The van der Waals surface area contributed by atoms with Gasteiger partial charge in [-0.25, -0.2) is 0 Å². The van der Waals surface area contributed by atoms with Crippen molar-refractivity contribution in [3.63, 3.8) is 0 Å². The van der Waals surface area contributed by atoms with Crippen LogP contribution in [0.15, 0.2) is 6.07 Å². The average molecular weight is 488 g/mol. The number of nitrogens with zero attached hydrogens (tertiary/aromatic N) is 1. The number of phenols is 1. The van der Waals surface area contributed by atoms with Gasteiger partial charge in [0.15, 0.2) is 0 Å². The predicted molar refractivity (Wildman–Crippen MR) is 127 cm³/mol. The minimum Gasteiger partial charge on any atom is -0.508 e. The average Bonchev–Trinajstić information content (AvgIpc) is 3.32. The van der Waals surface area contributed by atoms with Crippen molar-refractivity contribution in [2.24, 2.45) is 22.7 Å². The Morgan fingerprint density at radius 3 is 2.60 bits per heavy atom. The predicted octanol–water partition coefficient (Wildman–Crippen LogP) is 3.09. The Morgan fingerprint density at radius 1 is 1.20 bits per heavy atom. The van der Waals surface area contributed by atoms with Gasteiger partial charge in [-0.1, -0.05) is 27.7 Å². The van der Waals surface area contributed by atoms with Gasteiger partial charge in [-0.3, -0.25) is 9.59 Å². The maximum atomic E-state index is 13.1. The van der Waals surface area contributed by atoms with Gasteiger partial charge >= 0.3 is 5.97 Å². The molecule has 2 saturated carbocycles. The summed E-state index contributed by atoms with van der Waals surface area (Å²) in [6.45, 7) is 9.03. The number of phenolic OH excluding ortho intramolecular Hbond substituents is 1. The van der Waals surface area contributed by atoms with E-state index in [-0.39, 0.29) is 29.9 Å². The largest absolute Gasteiger partial charge is 0.508 e. The van der Waals surface area contributed by atoms with Crippen LogP contribution in [0.25, 0.3) is 0 Å². The number of fused-ring (bicyclic) bond motifs is 5. The van der Waals surface area contributed by atoms with E-state index < -0.39 is 34.6 Å². The number of benzene rings is 1. The van der Waals surface area contributed by atoms with Gasteiger partial charge in [0.2, 0.25) is 0 Å². The summed E-state index contributed by atoms with van der Waals surface area (Å²) in [5, 5.41) is 41.7. The van der Waals surface area contributed by atoms with Crippen LogP contribution in [-0.4, -0.2) is 61.6 Å². The molecule has 192 valence electrons. The third-order valence-electron chi connectivity index (χ3n) is 9.95. The molecular weight excluding hydrogens is 450 g/mol. The number of carbonyl (C=O) groups excluding carboxylic acids is 1. The number of hydrogen-bond donors (Lipinski definition) is 4. The van der Waals surface area contributed by atoms with Gasteiger partial charge in [0.25, 0.3) is 5.91 Å². The van der Waals surface area contributed by atoms with Crippen molar-refractivity contribution in [3.05, 3.63) is 22.8 Å². The van der Waals surface area contributed by atoms with Crippen molar-refractivity contribution in [1.29, 1.82) is 0 Å². The van der Waals surface area contributed by atoms with Crippen molar-refractivity contribution in [2.45, 2.75) is 90.6 Å². The zero-order valence-electron chi connectivity index (χ0n) is 21.0. The molecule has 1 aromatic carbocycles. The molecule has 4 aliphatic rings. The molecule has 8 heteroatoms. The minimum atomic E-state index is -0.894. The second kappa shape index (κ2) is 7.84. The molecule has 2 aliphatic carbocycles. The van der Waals surface area contributed by atoms with Crippen LogP contribution in [0, 0.1) is 22.7 Å². The van der Waals surface area contributed by atoms with E-state index in [0.29, 0.717) is 49.2 Å². The smallest absolute Gasteiger partial charge is 0.303 e. The molecule has 8 nitrogen and oxygen atoms in total. The summed E-state index contributed by atoms with van der Waals surface area (Å²) in [7, 11) is 0. The highest BCUT2D eigenvalue weighted by Gasteiger charge is 2.68. The first-order chi connectivity index (χ1) is 16.3. The number of aliphatic hydroxyl groups is 2. The minimum absolute atomic E-state index is 0.00961. The molecule has 5 rings (SSSR count). The highest BCUT2D eigenvalue weighted by molar-refractivity contribution is 6.00. The molecule has 2 fully saturated rings. The number of aromatic hydroxyl groups is 1. The van der Waals surface area contributed by atoms with Crippen molar-refractivity contribution < 1.29 is 34.8 Å². The second-order valence-corrected chi connectivity index (χ2v) is 12.1. The number of carboxylic acids is 1.